The topological polar surface area (TPSA) is 58.6 Å². The number of rotatable bonds is 5. The highest BCUT2D eigenvalue weighted by Crippen LogP contribution is 2.27. The van der Waals surface area contributed by atoms with E-state index in [9.17, 15) is 9.59 Å². The molecule has 5 nitrogen and oxygen atoms in total. The van der Waals surface area contributed by atoms with Crippen molar-refractivity contribution in [1.29, 1.82) is 0 Å². The molecule has 4 rings (SSSR count). The van der Waals surface area contributed by atoms with E-state index in [2.05, 4.69) is 5.32 Å². The lowest BCUT2D eigenvalue weighted by atomic mass is 9.98. The monoisotopic (exact) mass is 400 g/mol. The zero-order valence-electron chi connectivity index (χ0n) is 16.9. The Labute approximate surface area is 176 Å². The number of hydrogen-bond acceptors (Lipinski definition) is 3. The molecular formula is C25H24N2O3. The average molecular weight is 400 g/mol. The standard InChI is InChI=1S/C25H24N2O3/c1-2-24(28)27-15-14-18-12-13-20(16-19(18)17-27)26-25(29)22-10-6-7-11-23(22)30-21-8-4-3-5-9-21/h3-13,16H,2,14-15,17H2,1H3,(H,26,29). The van der Waals surface area contributed by atoms with Gasteiger partial charge in [-0.1, -0.05) is 43.3 Å². The van der Waals surface area contributed by atoms with E-state index in [4.69, 9.17) is 4.74 Å². The van der Waals surface area contributed by atoms with Gasteiger partial charge in [-0.05, 0) is 53.9 Å². The molecule has 0 aliphatic carbocycles. The largest absolute Gasteiger partial charge is 0.457 e. The van der Waals surface area contributed by atoms with E-state index in [0.717, 1.165) is 18.5 Å². The first-order chi connectivity index (χ1) is 14.6. The first kappa shape index (κ1) is 19.7. The molecule has 5 heteroatoms. The summed E-state index contributed by atoms with van der Waals surface area (Å²) in [6.07, 6.45) is 1.34. The molecule has 0 atom stereocenters. The molecule has 0 fully saturated rings. The Bertz CT molecular complexity index is 1060. The number of para-hydroxylation sites is 2. The Morgan fingerprint density at radius 3 is 2.53 bits per heavy atom. The maximum Gasteiger partial charge on any atom is 0.259 e. The van der Waals surface area contributed by atoms with Crippen molar-refractivity contribution in [2.24, 2.45) is 0 Å². The van der Waals surface area contributed by atoms with E-state index >= 15 is 0 Å². The van der Waals surface area contributed by atoms with Gasteiger partial charge in [0.1, 0.15) is 11.5 Å². The zero-order chi connectivity index (χ0) is 20.9. The fourth-order valence-corrected chi connectivity index (χ4v) is 3.63. The Morgan fingerprint density at radius 2 is 1.73 bits per heavy atom. The second kappa shape index (κ2) is 8.82. The number of nitrogens with one attached hydrogen (secondary N) is 1. The lowest BCUT2D eigenvalue weighted by molar-refractivity contribution is -0.131. The van der Waals surface area contributed by atoms with E-state index < -0.39 is 0 Å². The molecule has 30 heavy (non-hydrogen) atoms. The average Bonchev–Trinajstić information content (AvgIpc) is 2.79. The predicted octanol–water partition coefficient (Wildman–Crippen LogP) is 5.03. The van der Waals surface area contributed by atoms with Crippen LogP contribution in [-0.2, 0) is 17.8 Å². The van der Waals surface area contributed by atoms with Crippen molar-refractivity contribution in [1.82, 2.24) is 4.90 Å². The van der Waals surface area contributed by atoms with E-state index in [1.807, 2.05) is 72.5 Å². The SMILES string of the molecule is CCC(=O)N1CCc2ccc(NC(=O)c3ccccc3Oc3ccccc3)cc2C1. The summed E-state index contributed by atoms with van der Waals surface area (Å²) in [6.45, 7) is 3.21. The van der Waals surface area contributed by atoms with Gasteiger partial charge in [-0.15, -0.1) is 0 Å². The molecule has 152 valence electrons. The van der Waals surface area contributed by atoms with Gasteiger partial charge in [0.05, 0.1) is 5.56 Å². The van der Waals surface area contributed by atoms with Gasteiger partial charge in [-0.2, -0.15) is 0 Å². The summed E-state index contributed by atoms with van der Waals surface area (Å²) in [5.41, 5.74) is 3.47. The van der Waals surface area contributed by atoms with Gasteiger partial charge in [0.2, 0.25) is 5.91 Å². The molecule has 1 heterocycles. The molecule has 3 aromatic rings. The third kappa shape index (κ3) is 4.35. The smallest absolute Gasteiger partial charge is 0.259 e. The Kier molecular flexibility index (Phi) is 5.80. The third-order valence-electron chi connectivity index (χ3n) is 5.23. The molecule has 1 N–H and O–H groups in total. The second-order valence-electron chi connectivity index (χ2n) is 7.27. The van der Waals surface area contributed by atoms with Crippen LogP contribution >= 0.6 is 0 Å². The molecule has 1 aliphatic heterocycles. The van der Waals surface area contributed by atoms with E-state index in [-0.39, 0.29) is 11.8 Å². The van der Waals surface area contributed by atoms with E-state index in [1.54, 1.807) is 12.1 Å². The molecule has 0 unspecified atom stereocenters. The summed E-state index contributed by atoms with van der Waals surface area (Å²) in [7, 11) is 0. The Balaban J connectivity index is 1.52. The second-order valence-corrected chi connectivity index (χ2v) is 7.27. The minimum atomic E-state index is -0.237. The van der Waals surface area contributed by atoms with Crippen LogP contribution in [0.3, 0.4) is 0 Å². The lowest BCUT2D eigenvalue weighted by Crippen LogP contribution is -2.35. The summed E-state index contributed by atoms with van der Waals surface area (Å²) in [5.74, 6) is 1.09. The zero-order valence-corrected chi connectivity index (χ0v) is 16.9. The van der Waals surface area contributed by atoms with Crippen LogP contribution in [0.15, 0.2) is 72.8 Å². The molecule has 0 bridgehead atoms. The fraction of sp³-hybridized carbons (Fsp3) is 0.200. The Morgan fingerprint density at radius 1 is 0.967 bits per heavy atom. The van der Waals surface area contributed by atoms with Crippen LogP contribution in [0.25, 0.3) is 0 Å². The van der Waals surface area contributed by atoms with Crippen LogP contribution in [-0.4, -0.2) is 23.3 Å². The summed E-state index contributed by atoms with van der Waals surface area (Å²) in [6, 6.07) is 22.5. The number of hydrogen-bond donors (Lipinski definition) is 1. The highest BCUT2D eigenvalue weighted by Gasteiger charge is 2.20. The van der Waals surface area contributed by atoms with Gasteiger partial charge in [0.25, 0.3) is 5.91 Å². The van der Waals surface area contributed by atoms with Crippen molar-refractivity contribution < 1.29 is 14.3 Å². The van der Waals surface area contributed by atoms with Gasteiger partial charge < -0.3 is 15.0 Å². The van der Waals surface area contributed by atoms with Gasteiger partial charge >= 0.3 is 0 Å². The van der Waals surface area contributed by atoms with E-state index in [1.165, 1.54) is 5.56 Å². The molecule has 0 aromatic heterocycles. The van der Waals surface area contributed by atoms with Crippen LogP contribution in [0.5, 0.6) is 11.5 Å². The van der Waals surface area contributed by atoms with Crippen molar-refractivity contribution in [3.8, 4) is 11.5 Å². The molecular weight excluding hydrogens is 376 g/mol. The number of carbonyl (C=O) groups is 2. The van der Waals surface area contributed by atoms with Gasteiger partial charge in [0, 0.05) is 25.2 Å². The summed E-state index contributed by atoms with van der Waals surface area (Å²) in [4.78, 5) is 26.9. The maximum absolute atomic E-state index is 13.0. The number of nitrogens with zero attached hydrogens (tertiary/aromatic N) is 1. The van der Waals surface area contributed by atoms with Crippen molar-refractivity contribution in [3.63, 3.8) is 0 Å². The molecule has 1 aliphatic rings. The normalized spacial score (nSPS) is 12.8. The molecule has 2 amide bonds. The van der Waals surface area contributed by atoms with Crippen LogP contribution in [0, 0.1) is 0 Å². The van der Waals surface area contributed by atoms with Gasteiger partial charge in [-0.25, -0.2) is 0 Å². The van der Waals surface area contributed by atoms with Crippen LogP contribution in [0.1, 0.15) is 34.8 Å². The minimum Gasteiger partial charge on any atom is -0.457 e. The first-order valence-corrected chi connectivity index (χ1v) is 10.2. The number of fused-ring (bicyclic) bond motifs is 1. The summed E-state index contributed by atoms with van der Waals surface area (Å²) < 4.78 is 5.91. The number of anilines is 1. The van der Waals surface area contributed by atoms with Crippen molar-refractivity contribution in [2.45, 2.75) is 26.3 Å². The number of carbonyl (C=O) groups excluding carboxylic acids is 2. The molecule has 3 aromatic carbocycles. The molecule has 0 saturated heterocycles. The highest BCUT2D eigenvalue weighted by molar-refractivity contribution is 6.06. The first-order valence-electron chi connectivity index (χ1n) is 10.2. The van der Waals surface area contributed by atoms with Crippen molar-refractivity contribution in [3.05, 3.63) is 89.5 Å². The number of amides is 2. The lowest BCUT2D eigenvalue weighted by Gasteiger charge is -2.29. The highest BCUT2D eigenvalue weighted by atomic mass is 16.5. The predicted molar refractivity (Wildman–Crippen MR) is 117 cm³/mol. The van der Waals surface area contributed by atoms with Crippen LogP contribution in [0.4, 0.5) is 5.69 Å². The number of benzene rings is 3. The van der Waals surface area contributed by atoms with Crippen molar-refractivity contribution in [2.75, 3.05) is 11.9 Å². The van der Waals surface area contributed by atoms with Crippen LogP contribution < -0.4 is 10.1 Å². The fourth-order valence-electron chi connectivity index (χ4n) is 3.63. The summed E-state index contributed by atoms with van der Waals surface area (Å²) >= 11 is 0. The Hall–Kier alpha value is -3.60. The molecule has 0 spiro atoms. The van der Waals surface area contributed by atoms with E-state index in [0.29, 0.717) is 35.7 Å². The quantitative estimate of drug-likeness (QED) is 0.654. The maximum atomic E-state index is 13.0. The summed E-state index contributed by atoms with van der Waals surface area (Å²) in [5, 5.41) is 2.97. The van der Waals surface area contributed by atoms with Crippen LogP contribution in [0.2, 0.25) is 0 Å². The molecule has 0 radical (unpaired) electrons. The van der Waals surface area contributed by atoms with Gasteiger partial charge in [0.15, 0.2) is 0 Å². The molecule has 0 saturated carbocycles. The third-order valence-corrected chi connectivity index (χ3v) is 5.23. The minimum absolute atomic E-state index is 0.155. The number of ether oxygens (including phenoxy) is 1. The van der Waals surface area contributed by atoms with Gasteiger partial charge in [-0.3, -0.25) is 9.59 Å². The van der Waals surface area contributed by atoms with Crippen molar-refractivity contribution >= 4 is 17.5 Å².